The summed E-state index contributed by atoms with van der Waals surface area (Å²) in [6.07, 6.45) is 8.62. The van der Waals surface area contributed by atoms with Gasteiger partial charge in [0, 0.05) is 25.5 Å². The molecular weight excluding hydrogens is 214 g/mol. The average molecular weight is 229 g/mol. The molecule has 3 rings (SSSR count). The number of aryl methyl sites for hydroxylation is 1. The molecule has 0 radical (unpaired) electrons. The minimum absolute atomic E-state index is 0.452. The maximum Gasteiger partial charge on any atom is 0.147 e. The van der Waals surface area contributed by atoms with Crippen molar-refractivity contribution in [1.82, 2.24) is 19.7 Å². The largest absolute Gasteiger partial charge is 0.353 e. The fourth-order valence-corrected chi connectivity index (χ4v) is 2.21. The highest BCUT2D eigenvalue weighted by atomic mass is 15.3. The molecule has 0 N–H and O–H groups in total. The van der Waals surface area contributed by atoms with Crippen LogP contribution >= 0.6 is 0 Å². The summed E-state index contributed by atoms with van der Waals surface area (Å²) in [6, 6.07) is 2.42. The van der Waals surface area contributed by atoms with Gasteiger partial charge < -0.3 is 4.90 Å². The Bertz CT molecular complexity index is 476. The van der Waals surface area contributed by atoms with Crippen LogP contribution in [0.25, 0.3) is 0 Å². The SMILES string of the molecule is Cc1cnc(N2CCC(n3cccn3)C2)cn1. The van der Waals surface area contributed by atoms with Crippen LogP contribution in [0.15, 0.2) is 30.9 Å². The van der Waals surface area contributed by atoms with Crippen LogP contribution in [0, 0.1) is 6.92 Å². The van der Waals surface area contributed by atoms with Crippen molar-refractivity contribution in [1.29, 1.82) is 0 Å². The molecule has 1 aliphatic heterocycles. The number of anilines is 1. The van der Waals surface area contributed by atoms with Crippen LogP contribution in [-0.2, 0) is 0 Å². The van der Waals surface area contributed by atoms with Crippen LogP contribution in [0.2, 0.25) is 0 Å². The summed E-state index contributed by atoms with van der Waals surface area (Å²) in [5.74, 6) is 0.963. The van der Waals surface area contributed by atoms with E-state index in [9.17, 15) is 0 Å². The maximum absolute atomic E-state index is 4.41. The van der Waals surface area contributed by atoms with E-state index in [4.69, 9.17) is 0 Å². The third-order valence-electron chi connectivity index (χ3n) is 3.15. The van der Waals surface area contributed by atoms with Crippen molar-refractivity contribution in [3.63, 3.8) is 0 Å². The Morgan fingerprint density at radius 1 is 1.29 bits per heavy atom. The lowest BCUT2D eigenvalue weighted by Crippen LogP contribution is -2.22. The Labute approximate surface area is 100 Å². The average Bonchev–Trinajstić information content (AvgIpc) is 3.00. The van der Waals surface area contributed by atoms with Crippen molar-refractivity contribution in [3.8, 4) is 0 Å². The smallest absolute Gasteiger partial charge is 0.147 e. The molecule has 5 nitrogen and oxygen atoms in total. The topological polar surface area (TPSA) is 46.8 Å². The van der Waals surface area contributed by atoms with Crippen LogP contribution in [0.4, 0.5) is 5.82 Å². The normalized spacial score (nSPS) is 19.8. The van der Waals surface area contributed by atoms with Crippen LogP contribution in [0.5, 0.6) is 0 Å². The molecule has 0 amide bonds. The van der Waals surface area contributed by atoms with Crippen molar-refractivity contribution in [2.75, 3.05) is 18.0 Å². The van der Waals surface area contributed by atoms with E-state index in [0.717, 1.165) is 31.0 Å². The molecule has 3 heterocycles. The molecule has 1 fully saturated rings. The molecule has 17 heavy (non-hydrogen) atoms. The van der Waals surface area contributed by atoms with Gasteiger partial charge in [-0.3, -0.25) is 9.67 Å². The molecule has 88 valence electrons. The Balaban J connectivity index is 1.74. The number of hydrogen-bond donors (Lipinski definition) is 0. The minimum Gasteiger partial charge on any atom is -0.353 e. The van der Waals surface area contributed by atoms with Crippen LogP contribution in [0.1, 0.15) is 18.2 Å². The zero-order valence-corrected chi connectivity index (χ0v) is 9.82. The number of rotatable bonds is 2. The van der Waals surface area contributed by atoms with Crippen LogP contribution in [-0.4, -0.2) is 32.8 Å². The molecule has 2 aromatic rings. The van der Waals surface area contributed by atoms with E-state index in [-0.39, 0.29) is 0 Å². The van der Waals surface area contributed by atoms with Gasteiger partial charge in [-0.05, 0) is 19.4 Å². The van der Waals surface area contributed by atoms with E-state index in [1.165, 1.54) is 0 Å². The van der Waals surface area contributed by atoms with Gasteiger partial charge in [0.05, 0.1) is 24.1 Å². The highest BCUT2D eigenvalue weighted by molar-refractivity contribution is 5.37. The van der Waals surface area contributed by atoms with Crippen LogP contribution < -0.4 is 4.90 Å². The van der Waals surface area contributed by atoms with Crippen molar-refractivity contribution < 1.29 is 0 Å². The maximum atomic E-state index is 4.41. The first kappa shape index (κ1) is 10.3. The second-order valence-corrected chi connectivity index (χ2v) is 4.39. The molecular formula is C12H15N5. The lowest BCUT2D eigenvalue weighted by atomic mass is 10.3. The fraction of sp³-hybridized carbons (Fsp3) is 0.417. The third kappa shape index (κ3) is 2.00. The van der Waals surface area contributed by atoms with Gasteiger partial charge in [-0.2, -0.15) is 5.10 Å². The lowest BCUT2D eigenvalue weighted by molar-refractivity contribution is 0.494. The summed E-state index contributed by atoms with van der Waals surface area (Å²) in [7, 11) is 0. The van der Waals surface area contributed by atoms with E-state index in [1.54, 1.807) is 0 Å². The van der Waals surface area contributed by atoms with Crippen molar-refractivity contribution in [2.24, 2.45) is 0 Å². The summed E-state index contributed by atoms with van der Waals surface area (Å²) in [6.45, 7) is 3.93. The van der Waals surface area contributed by atoms with E-state index in [2.05, 4.69) is 20.0 Å². The molecule has 1 atom stereocenters. The fourth-order valence-electron chi connectivity index (χ4n) is 2.21. The second kappa shape index (κ2) is 4.16. The number of hydrogen-bond acceptors (Lipinski definition) is 4. The van der Waals surface area contributed by atoms with E-state index in [1.807, 2.05) is 42.5 Å². The molecule has 2 aromatic heterocycles. The summed E-state index contributed by atoms with van der Waals surface area (Å²) in [5, 5.41) is 4.29. The molecule has 0 aliphatic carbocycles. The molecule has 0 saturated carbocycles. The third-order valence-corrected chi connectivity index (χ3v) is 3.15. The van der Waals surface area contributed by atoms with Crippen molar-refractivity contribution in [3.05, 3.63) is 36.5 Å². The highest BCUT2D eigenvalue weighted by Crippen LogP contribution is 2.24. The summed E-state index contributed by atoms with van der Waals surface area (Å²) >= 11 is 0. The molecule has 1 unspecified atom stereocenters. The quantitative estimate of drug-likeness (QED) is 0.781. The monoisotopic (exact) mass is 229 g/mol. The number of aromatic nitrogens is 4. The minimum atomic E-state index is 0.452. The van der Waals surface area contributed by atoms with Gasteiger partial charge in [-0.25, -0.2) is 4.98 Å². The molecule has 0 spiro atoms. The van der Waals surface area contributed by atoms with Crippen LogP contribution in [0.3, 0.4) is 0 Å². The summed E-state index contributed by atoms with van der Waals surface area (Å²) in [5.41, 5.74) is 0.955. The molecule has 0 aromatic carbocycles. The van der Waals surface area contributed by atoms with E-state index in [0.29, 0.717) is 6.04 Å². The first-order valence-corrected chi connectivity index (χ1v) is 5.85. The standard InChI is InChI=1S/C12H15N5/c1-10-7-14-12(8-13-10)16-6-3-11(9-16)17-5-2-4-15-17/h2,4-5,7-8,11H,3,6,9H2,1H3. The van der Waals surface area contributed by atoms with Crippen molar-refractivity contribution in [2.45, 2.75) is 19.4 Å². The Hall–Kier alpha value is -1.91. The van der Waals surface area contributed by atoms with Gasteiger partial charge in [0.1, 0.15) is 5.82 Å². The second-order valence-electron chi connectivity index (χ2n) is 4.39. The molecule has 1 aliphatic rings. The van der Waals surface area contributed by atoms with Gasteiger partial charge in [0.25, 0.3) is 0 Å². The molecule has 1 saturated heterocycles. The zero-order chi connectivity index (χ0) is 11.7. The lowest BCUT2D eigenvalue weighted by Gasteiger charge is -2.17. The van der Waals surface area contributed by atoms with Crippen molar-refractivity contribution >= 4 is 5.82 Å². The molecule has 0 bridgehead atoms. The van der Waals surface area contributed by atoms with Gasteiger partial charge in [0.15, 0.2) is 0 Å². The van der Waals surface area contributed by atoms with Gasteiger partial charge in [-0.15, -0.1) is 0 Å². The van der Waals surface area contributed by atoms with E-state index < -0.39 is 0 Å². The summed E-state index contributed by atoms with van der Waals surface area (Å²) in [4.78, 5) is 11.0. The highest BCUT2D eigenvalue weighted by Gasteiger charge is 2.24. The van der Waals surface area contributed by atoms with E-state index >= 15 is 0 Å². The van der Waals surface area contributed by atoms with Gasteiger partial charge in [0.2, 0.25) is 0 Å². The predicted molar refractivity (Wildman–Crippen MR) is 64.9 cm³/mol. The first-order chi connectivity index (χ1) is 8.33. The Morgan fingerprint density at radius 3 is 2.94 bits per heavy atom. The Morgan fingerprint density at radius 2 is 2.24 bits per heavy atom. The zero-order valence-electron chi connectivity index (χ0n) is 9.82. The Kier molecular flexibility index (Phi) is 2.51. The summed E-state index contributed by atoms with van der Waals surface area (Å²) < 4.78 is 2.03. The predicted octanol–water partition coefficient (Wildman–Crippen LogP) is 1.43. The van der Waals surface area contributed by atoms with Gasteiger partial charge in [-0.1, -0.05) is 0 Å². The molecule has 5 heteroatoms. The first-order valence-electron chi connectivity index (χ1n) is 5.85. The number of nitrogens with zero attached hydrogens (tertiary/aromatic N) is 5. The van der Waals surface area contributed by atoms with Gasteiger partial charge >= 0.3 is 0 Å².